The Morgan fingerprint density at radius 3 is 2.67 bits per heavy atom. The van der Waals surface area contributed by atoms with E-state index in [2.05, 4.69) is 21.5 Å². The number of thiocarbonyl (C=S) groups is 1. The molecule has 3 rings (SSSR count). The predicted octanol–water partition coefficient (Wildman–Crippen LogP) is 0.749. The Morgan fingerprint density at radius 1 is 1.07 bits per heavy atom. The summed E-state index contributed by atoms with van der Waals surface area (Å²) in [5.74, 6) is 0.165. The molecule has 12 heteroatoms. The summed E-state index contributed by atoms with van der Waals surface area (Å²) in [5.41, 5.74) is 5.61. The maximum Gasteiger partial charge on any atom is 0.270 e. The van der Waals surface area contributed by atoms with Crippen molar-refractivity contribution in [1.29, 1.82) is 0 Å². The third-order valence-electron chi connectivity index (χ3n) is 3.93. The highest BCUT2D eigenvalue weighted by molar-refractivity contribution is 7.80. The molecule has 4 N–H and O–H groups in total. The van der Waals surface area contributed by atoms with Crippen molar-refractivity contribution in [3.8, 4) is 11.5 Å². The normalized spacial score (nSPS) is 11.3. The molecule has 0 atom stereocenters. The number of rotatable bonds is 6. The fraction of sp³-hybridized carbons (Fsp3) is 0.167. The maximum atomic E-state index is 12.0. The lowest BCUT2D eigenvalue weighted by Crippen LogP contribution is -2.49. The molecule has 2 aromatic carbocycles. The molecule has 1 heterocycles. The van der Waals surface area contributed by atoms with Crippen LogP contribution in [0.25, 0.3) is 0 Å². The van der Waals surface area contributed by atoms with E-state index < -0.39 is 16.7 Å². The van der Waals surface area contributed by atoms with Crippen molar-refractivity contribution in [2.24, 2.45) is 0 Å². The molecule has 0 spiro atoms. The van der Waals surface area contributed by atoms with Crippen molar-refractivity contribution < 1.29 is 24.0 Å². The number of nitrogens with zero attached hydrogens (tertiary/aromatic N) is 1. The van der Waals surface area contributed by atoms with Crippen LogP contribution in [0, 0.1) is 10.1 Å². The van der Waals surface area contributed by atoms with Crippen LogP contribution in [0.3, 0.4) is 0 Å². The molecule has 0 saturated heterocycles. The largest absolute Gasteiger partial charge is 0.454 e. The van der Waals surface area contributed by atoms with E-state index >= 15 is 0 Å². The van der Waals surface area contributed by atoms with E-state index in [0.717, 1.165) is 11.6 Å². The molecule has 0 radical (unpaired) electrons. The van der Waals surface area contributed by atoms with Crippen molar-refractivity contribution in [1.82, 2.24) is 21.5 Å². The summed E-state index contributed by atoms with van der Waals surface area (Å²) in [4.78, 5) is 34.0. The van der Waals surface area contributed by atoms with E-state index in [1.165, 1.54) is 18.2 Å². The zero-order valence-electron chi connectivity index (χ0n) is 15.5. The van der Waals surface area contributed by atoms with Crippen molar-refractivity contribution in [2.45, 2.75) is 6.54 Å². The summed E-state index contributed by atoms with van der Waals surface area (Å²) >= 11 is 5.08. The van der Waals surface area contributed by atoms with Crippen LogP contribution in [0.15, 0.2) is 42.5 Å². The fourth-order valence-corrected chi connectivity index (χ4v) is 2.59. The van der Waals surface area contributed by atoms with Crippen LogP contribution in [0.5, 0.6) is 11.5 Å². The molecule has 1 aliphatic heterocycles. The number of nitro groups is 1. The van der Waals surface area contributed by atoms with Crippen molar-refractivity contribution >= 4 is 34.8 Å². The lowest BCUT2D eigenvalue weighted by atomic mass is 10.2. The van der Waals surface area contributed by atoms with Crippen molar-refractivity contribution in [3.63, 3.8) is 0 Å². The van der Waals surface area contributed by atoms with Gasteiger partial charge < -0.3 is 20.1 Å². The molecule has 0 saturated carbocycles. The topological polar surface area (TPSA) is 144 Å². The highest BCUT2D eigenvalue weighted by Gasteiger charge is 2.14. The highest BCUT2D eigenvalue weighted by atomic mass is 32.1. The first kappa shape index (κ1) is 20.8. The highest BCUT2D eigenvalue weighted by Crippen LogP contribution is 2.32. The molecular weight excluding hydrogens is 414 g/mol. The summed E-state index contributed by atoms with van der Waals surface area (Å²) in [5, 5.41) is 16.2. The second-order valence-corrected chi connectivity index (χ2v) is 6.44. The summed E-state index contributed by atoms with van der Waals surface area (Å²) in [6, 6.07) is 10.7. The number of nitrogens with one attached hydrogen (secondary N) is 4. The molecule has 30 heavy (non-hydrogen) atoms. The molecule has 2 amide bonds. The number of fused-ring (bicyclic) bond motifs is 1. The van der Waals surface area contributed by atoms with E-state index in [9.17, 15) is 19.7 Å². The summed E-state index contributed by atoms with van der Waals surface area (Å²) in [7, 11) is 0. The average Bonchev–Trinajstić information content (AvgIpc) is 3.22. The van der Waals surface area contributed by atoms with Gasteiger partial charge in [-0.15, -0.1) is 0 Å². The second kappa shape index (κ2) is 9.52. The summed E-state index contributed by atoms with van der Waals surface area (Å²) in [6.07, 6.45) is 0. The van der Waals surface area contributed by atoms with E-state index in [1.807, 2.05) is 12.1 Å². The molecular formula is C18H17N5O6S. The second-order valence-electron chi connectivity index (χ2n) is 6.03. The lowest BCUT2D eigenvalue weighted by molar-refractivity contribution is -0.384. The van der Waals surface area contributed by atoms with Gasteiger partial charge in [-0.05, 0) is 36.0 Å². The van der Waals surface area contributed by atoms with Crippen LogP contribution in [0.4, 0.5) is 5.69 Å². The van der Waals surface area contributed by atoms with Gasteiger partial charge in [-0.1, -0.05) is 12.1 Å². The van der Waals surface area contributed by atoms with Crippen LogP contribution >= 0.6 is 12.2 Å². The van der Waals surface area contributed by atoms with E-state index in [4.69, 9.17) is 21.7 Å². The average molecular weight is 431 g/mol. The minimum absolute atomic E-state index is 0.0749. The third-order valence-corrected chi connectivity index (χ3v) is 4.18. The number of amides is 2. The van der Waals surface area contributed by atoms with Crippen LogP contribution in [-0.2, 0) is 11.3 Å². The number of hydrogen-bond acceptors (Lipinski definition) is 7. The van der Waals surface area contributed by atoms with Crippen LogP contribution in [0.2, 0.25) is 0 Å². The number of hydrazine groups is 1. The Kier molecular flexibility index (Phi) is 6.60. The lowest BCUT2D eigenvalue weighted by Gasteiger charge is -2.12. The first-order chi connectivity index (χ1) is 14.4. The van der Waals surface area contributed by atoms with Gasteiger partial charge in [0.15, 0.2) is 16.6 Å². The number of carbonyl (C=O) groups excluding carboxylic acids is 2. The van der Waals surface area contributed by atoms with Gasteiger partial charge in [-0.25, -0.2) is 0 Å². The van der Waals surface area contributed by atoms with Gasteiger partial charge in [-0.2, -0.15) is 0 Å². The molecule has 11 nitrogen and oxygen atoms in total. The zero-order valence-corrected chi connectivity index (χ0v) is 16.3. The van der Waals surface area contributed by atoms with Gasteiger partial charge in [0.2, 0.25) is 6.79 Å². The third kappa shape index (κ3) is 5.54. The Morgan fingerprint density at radius 2 is 1.87 bits per heavy atom. The van der Waals surface area contributed by atoms with E-state index in [-0.39, 0.29) is 29.7 Å². The van der Waals surface area contributed by atoms with Gasteiger partial charge >= 0.3 is 0 Å². The Hall–Kier alpha value is -3.93. The molecule has 2 aromatic rings. The van der Waals surface area contributed by atoms with Crippen molar-refractivity contribution in [2.75, 3.05) is 13.3 Å². The molecule has 0 aromatic heterocycles. The molecule has 0 bridgehead atoms. The monoisotopic (exact) mass is 431 g/mol. The quantitative estimate of drug-likeness (QED) is 0.296. The number of carbonyl (C=O) groups is 2. The zero-order chi connectivity index (χ0) is 21.5. The SMILES string of the molecule is O=C(CNC(=O)c1cccc([N+](=O)[O-])c1)NNC(=S)NCc1ccc2c(c1)OCO2. The first-order valence-corrected chi connectivity index (χ1v) is 9.07. The van der Waals surface area contributed by atoms with Gasteiger partial charge in [0, 0.05) is 24.2 Å². The first-order valence-electron chi connectivity index (χ1n) is 8.66. The molecule has 1 aliphatic rings. The summed E-state index contributed by atoms with van der Waals surface area (Å²) in [6.45, 7) is 0.233. The molecule has 0 unspecified atom stereocenters. The minimum atomic E-state index is -0.614. The Bertz CT molecular complexity index is 999. The number of ether oxygens (including phenoxy) is 2. The Balaban J connectivity index is 1.38. The van der Waals surface area contributed by atoms with Crippen LogP contribution < -0.4 is 31.0 Å². The van der Waals surface area contributed by atoms with E-state index in [0.29, 0.717) is 18.0 Å². The molecule has 156 valence electrons. The number of nitro benzene ring substituents is 1. The fourth-order valence-electron chi connectivity index (χ4n) is 2.47. The van der Waals surface area contributed by atoms with Crippen molar-refractivity contribution in [3.05, 3.63) is 63.7 Å². The minimum Gasteiger partial charge on any atom is -0.454 e. The van der Waals surface area contributed by atoms with Crippen LogP contribution in [-0.4, -0.2) is 35.2 Å². The number of non-ortho nitro benzene ring substituents is 1. The maximum absolute atomic E-state index is 12.0. The number of benzene rings is 2. The van der Waals surface area contributed by atoms with E-state index in [1.54, 1.807) is 6.07 Å². The van der Waals surface area contributed by atoms with Gasteiger partial charge in [-0.3, -0.25) is 30.6 Å². The smallest absolute Gasteiger partial charge is 0.270 e. The summed E-state index contributed by atoms with van der Waals surface area (Å²) < 4.78 is 10.5. The van der Waals surface area contributed by atoms with Crippen LogP contribution in [0.1, 0.15) is 15.9 Å². The molecule has 0 fully saturated rings. The van der Waals surface area contributed by atoms with Gasteiger partial charge in [0.1, 0.15) is 0 Å². The Labute approximate surface area is 175 Å². The molecule has 0 aliphatic carbocycles. The number of hydrogen-bond donors (Lipinski definition) is 4. The van der Waals surface area contributed by atoms with Gasteiger partial charge in [0.05, 0.1) is 11.5 Å². The predicted molar refractivity (Wildman–Crippen MR) is 109 cm³/mol. The standard InChI is InChI=1S/C18H17N5O6S/c24-16(9-19-17(25)12-2-1-3-13(7-12)23(26)27)21-22-18(30)20-8-11-4-5-14-15(6-11)29-10-28-14/h1-7H,8-10H2,(H,19,25)(H,21,24)(H2,20,22,30). The van der Waals surface area contributed by atoms with Gasteiger partial charge in [0.25, 0.3) is 17.5 Å².